The van der Waals surface area contributed by atoms with Gasteiger partial charge >= 0.3 is 6.18 Å². The van der Waals surface area contributed by atoms with Crippen molar-refractivity contribution in [2.24, 2.45) is 0 Å². The lowest BCUT2D eigenvalue weighted by Crippen LogP contribution is -2.27. The predicted octanol–water partition coefficient (Wildman–Crippen LogP) is 5.70. The molecule has 0 bridgehead atoms. The highest BCUT2D eigenvalue weighted by molar-refractivity contribution is 6.36. The topological polar surface area (TPSA) is 59.3 Å². The first kappa shape index (κ1) is 21.8. The van der Waals surface area contributed by atoms with Gasteiger partial charge in [0.05, 0.1) is 11.7 Å². The molecule has 0 spiro atoms. The normalized spacial score (nSPS) is 12.7. The highest BCUT2D eigenvalue weighted by Crippen LogP contribution is 2.34. The van der Waals surface area contributed by atoms with Crippen molar-refractivity contribution in [2.45, 2.75) is 19.1 Å². The number of benzene rings is 2. The molecule has 2 heterocycles. The Kier molecular flexibility index (Phi) is 5.60. The van der Waals surface area contributed by atoms with E-state index in [2.05, 4.69) is 15.4 Å². The summed E-state index contributed by atoms with van der Waals surface area (Å²) >= 11 is 6.25. The summed E-state index contributed by atoms with van der Waals surface area (Å²) in [6, 6.07) is 14.2. The van der Waals surface area contributed by atoms with Crippen molar-refractivity contribution in [1.82, 2.24) is 19.9 Å². The molecule has 5 nitrogen and oxygen atoms in total. The molecular formula is C22H15ClF4N4O. The third kappa shape index (κ3) is 4.16. The fourth-order valence-corrected chi connectivity index (χ4v) is 3.44. The summed E-state index contributed by atoms with van der Waals surface area (Å²) < 4.78 is 55.0. The van der Waals surface area contributed by atoms with E-state index < -0.39 is 29.6 Å². The smallest absolute Gasteiger partial charge is 0.344 e. The number of nitrogens with one attached hydrogen (secondary N) is 1. The fraction of sp³-hybridized carbons (Fsp3) is 0.136. The Morgan fingerprint density at radius 3 is 2.38 bits per heavy atom. The van der Waals surface area contributed by atoms with Gasteiger partial charge in [-0.05, 0) is 42.8 Å². The molecule has 4 aromatic rings. The van der Waals surface area contributed by atoms with Crippen LogP contribution in [0.4, 0.5) is 17.6 Å². The van der Waals surface area contributed by atoms with Gasteiger partial charge in [0, 0.05) is 5.56 Å². The lowest BCUT2D eigenvalue weighted by atomic mass is 10.1. The first-order valence-electron chi connectivity index (χ1n) is 9.43. The van der Waals surface area contributed by atoms with E-state index >= 15 is 0 Å². The molecule has 4 rings (SSSR count). The van der Waals surface area contributed by atoms with E-state index in [9.17, 15) is 22.4 Å². The number of alkyl halides is 3. The van der Waals surface area contributed by atoms with Crippen molar-refractivity contribution in [3.63, 3.8) is 0 Å². The van der Waals surface area contributed by atoms with Crippen LogP contribution in [-0.4, -0.2) is 20.5 Å². The van der Waals surface area contributed by atoms with Gasteiger partial charge < -0.3 is 5.32 Å². The monoisotopic (exact) mass is 462 g/mol. The lowest BCUT2D eigenvalue weighted by molar-refractivity contribution is -0.142. The number of rotatable bonds is 4. The van der Waals surface area contributed by atoms with Crippen molar-refractivity contribution >= 4 is 23.2 Å². The van der Waals surface area contributed by atoms with E-state index in [1.165, 1.54) is 12.1 Å². The molecule has 0 fully saturated rings. The Hall–Kier alpha value is -3.46. The molecule has 0 saturated carbocycles. The molecule has 2 aromatic carbocycles. The quantitative estimate of drug-likeness (QED) is 0.396. The summed E-state index contributed by atoms with van der Waals surface area (Å²) in [5.74, 6) is -1.28. The average Bonchev–Trinajstić information content (AvgIpc) is 3.10. The Bertz CT molecular complexity index is 1290. The maximum absolute atomic E-state index is 13.8. The van der Waals surface area contributed by atoms with E-state index in [4.69, 9.17) is 11.6 Å². The Labute approximate surface area is 184 Å². The summed E-state index contributed by atoms with van der Waals surface area (Å²) in [6.07, 6.45) is -4.81. The number of aromatic nitrogens is 3. The van der Waals surface area contributed by atoms with Crippen molar-refractivity contribution in [1.29, 1.82) is 0 Å². The van der Waals surface area contributed by atoms with Gasteiger partial charge in [0.15, 0.2) is 17.0 Å². The third-order valence-corrected chi connectivity index (χ3v) is 5.17. The zero-order chi connectivity index (χ0) is 23.0. The molecule has 0 aliphatic heterocycles. The molecule has 2 aromatic heterocycles. The molecule has 0 saturated heterocycles. The van der Waals surface area contributed by atoms with Gasteiger partial charge in [-0.25, -0.2) is 13.9 Å². The number of carbonyl (C=O) groups excluding carboxylic acids is 1. The second-order valence-corrected chi connectivity index (χ2v) is 7.41. The Morgan fingerprint density at radius 2 is 1.75 bits per heavy atom. The summed E-state index contributed by atoms with van der Waals surface area (Å²) in [6.45, 7) is 1.73. The third-order valence-electron chi connectivity index (χ3n) is 4.83. The predicted molar refractivity (Wildman–Crippen MR) is 111 cm³/mol. The molecule has 1 N–H and O–H groups in total. The second-order valence-electron chi connectivity index (χ2n) is 7.04. The maximum Gasteiger partial charge on any atom is 0.433 e. The molecule has 0 aliphatic carbocycles. The number of nitrogens with zero attached hydrogens (tertiary/aromatic N) is 3. The largest absolute Gasteiger partial charge is 0.433 e. The maximum atomic E-state index is 13.8. The molecule has 0 aliphatic rings. The summed E-state index contributed by atoms with van der Waals surface area (Å²) in [5, 5.41) is 6.16. The zero-order valence-corrected chi connectivity index (χ0v) is 17.2. The molecule has 32 heavy (non-hydrogen) atoms. The van der Waals surface area contributed by atoms with Gasteiger partial charge in [0.1, 0.15) is 10.8 Å². The van der Waals surface area contributed by atoms with Crippen molar-refractivity contribution in [3.05, 3.63) is 88.5 Å². The van der Waals surface area contributed by atoms with Crippen LogP contribution in [-0.2, 0) is 6.18 Å². The van der Waals surface area contributed by atoms with E-state index in [0.29, 0.717) is 4.52 Å². The van der Waals surface area contributed by atoms with Crippen molar-refractivity contribution in [2.75, 3.05) is 0 Å². The lowest BCUT2D eigenvalue weighted by Gasteiger charge is -2.13. The van der Waals surface area contributed by atoms with Crippen molar-refractivity contribution in [3.8, 4) is 11.3 Å². The number of hydrogen-bond acceptors (Lipinski definition) is 3. The van der Waals surface area contributed by atoms with E-state index in [1.807, 2.05) is 6.07 Å². The van der Waals surface area contributed by atoms with Crippen LogP contribution in [0.3, 0.4) is 0 Å². The van der Waals surface area contributed by atoms with Crippen LogP contribution in [0.5, 0.6) is 0 Å². The van der Waals surface area contributed by atoms with Crippen molar-refractivity contribution < 1.29 is 22.4 Å². The number of halogens is 5. The number of carbonyl (C=O) groups is 1. The second kappa shape index (κ2) is 8.23. The Morgan fingerprint density at radius 1 is 1.09 bits per heavy atom. The first-order chi connectivity index (χ1) is 15.1. The minimum atomic E-state index is -4.81. The van der Waals surface area contributed by atoms with E-state index in [0.717, 1.165) is 23.8 Å². The average molecular weight is 463 g/mol. The number of fused-ring (bicyclic) bond motifs is 1. The minimum absolute atomic E-state index is 0.0868. The number of hydrogen-bond donors (Lipinski definition) is 1. The highest BCUT2D eigenvalue weighted by atomic mass is 35.5. The van der Waals surface area contributed by atoms with Gasteiger partial charge in [-0.1, -0.05) is 41.9 Å². The molecule has 1 atom stereocenters. The molecular weight excluding hydrogens is 448 g/mol. The van der Waals surface area contributed by atoms with Crippen LogP contribution >= 0.6 is 11.6 Å². The van der Waals surface area contributed by atoms with Gasteiger partial charge in [-0.3, -0.25) is 4.79 Å². The van der Waals surface area contributed by atoms with Gasteiger partial charge in [0.2, 0.25) is 0 Å². The van der Waals surface area contributed by atoms with Crippen LogP contribution in [0, 0.1) is 5.82 Å². The zero-order valence-electron chi connectivity index (χ0n) is 16.5. The van der Waals surface area contributed by atoms with Gasteiger partial charge in [-0.15, -0.1) is 0 Å². The van der Waals surface area contributed by atoms with E-state index in [1.54, 1.807) is 31.2 Å². The minimum Gasteiger partial charge on any atom is -0.344 e. The van der Waals surface area contributed by atoms with Gasteiger partial charge in [0.25, 0.3) is 5.91 Å². The first-order valence-corrected chi connectivity index (χ1v) is 9.81. The van der Waals surface area contributed by atoms with Crippen LogP contribution in [0.25, 0.3) is 16.9 Å². The molecule has 0 radical (unpaired) electrons. The molecule has 1 amide bonds. The van der Waals surface area contributed by atoms with Crippen LogP contribution in [0.2, 0.25) is 5.02 Å². The molecule has 0 unspecified atom stereocenters. The van der Waals surface area contributed by atoms with Gasteiger partial charge in [-0.2, -0.15) is 18.3 Å². The standard InChI is InChI=1S/C22H15ClF4N4O/c1-12(13-5-3-2-4-6-13)28-21(32)19-18(23)20-29-16(14-7-9-15(24)10-8-14)11-17(22(25,26)27)31(20)30-19/h2-12H,1H3,(H,28,32)/t12-/m1/s1. The van der Waals surface area contributed by atoms with Crippen LogP contribution in [0.1, 0.15) is 34.7 Å². The van der Waals surface area contributed by atoms with E-state index in [-0.39, 0.29) is 27.6 Å². The number of amides is 1. The molecule has 164 valence electrons. The van der Waals surface area contributed by atoms with Crippen LogP contribution < -0.4 is 5.32 Å². The summed E-state index contributed by atoms with van der Waals surface area (Å²) in [7, 11) is 0. The summed E-state index contributed by atoms with van der Waals surface area (Å²) in [5.41, 5.74) is -0.925. The van der Waals surface area contributed by atoms with Crippen LogP contribution in [0.15, 0.2) is 60.7 Å². The SMILES string of the molecule is C[C@@H](NC(=O)c1nn2c(C(F)(F)F)cc(-c3ccc(F)cc3)nc2c1Cl)c1ccccc1. The highest BCUT2D eigenvalue weighted by Gasteiger charge is 2.36. The Balaban J connectivity index is 1.79. The summed E-state index contributed by atoms with van der Waals surface area (Å²) in [4.78, 5) is 16.9. The fourth-order valence-electron chi connectivity index (χ4n) is 3.20. The molecule has 10 heteroatoms.